The third-order valence-electron chi connectivity index (χ3n) is 6.30. The summed E-state index contributed by atoms with van der Waals surface area (Å²) >= 11 is 0. The molecule has 0 spiro atoms. The second-order valence-corrected chi connectivity index (χ2v) is 8.86. The van der Waals surface area contributed by atoms with Crippen molar-refractivity contribution in [3.05, 3.63) is 125 Å². The number of nitrogens with one attached hydrogen (secondary N) is 1. The van der Waals surface area contributed by atoms with Crippen LogP contribution >= 0.6 is 0 Å². The first-order valence-corrected chi connectivity index (χ1v) is 11.8. The van der Waals surface area contributed by atoms with Gasteiger partial charge in [-0.25, -0.2) is 4.79 Å². The molecule has 1 unspecified atom stereocenters. The molecule has 0 aliphatic carbocycles. The van der Waals surface area contributed by atoms with Crippen LogP contribution in [-0.2, 0) is 6.54 Å². The van der Waals surface area contributed by atoms with Gasteiger partial charge in [-0.15, -0.1) is 0 Å². The number of amides is 1. The summed E-state index contributed by atoms with van der Waals surface area (Å²) < 4.78 is 6.38. The van der Waals surface area contributed by atoms with Gasteiger partial charge in [0.15, 0.2) is 0 Å². The van der Waals surface area contributed by atoms with Gasteiger partial charge >= 0.3 is 5.97 Å². The molecule has 1 aliphatic heterocycles. The number of carboxylic acid groups (broad SMARTS) is 1. The molecule has 36 heavy (non-hydrogen) atoms. The van der Waals surface area contributed by atoms with Gasteiger partial charge in [0, 0.05) is 23.4 Å². The zero-order valence-corrected chi connectivity index (χ0v) is 19.8. The number of anilines is 2. The largest absolute Gasteiger partial charge is 0.484 e. The first-order chi connectivity index (χ1) is 17.5. The van der Waals surface area contributed by atoms with E-state index in [0.717, 1.165) is 22.4 Å². The van der Waals surface area contributed by atoms with Crippen molar-refractivity contribution in [3.8, 4) is 5.75 Å². The third-order valence-corrected chi connectivity index (χ3v) is 6.30. The first-order valence-electron chi connectivity index (χ1n) is 11.8. The lowest BCUT2D eigenvalue weighted by atomic mass is 10.1. The number of carboxylic acids is 1. The van der Waals surface area contributed by atoms with Crippen LogP contribution in [0.25, 0.3) is 0 Å². The molecule has 2 N–H and O–H groups in total. The molecule has 0 bridgehead atoms. The number of fused-ring (bicyclic) bond motifs is 1. The van der Waals surface area contributed by atoms with Gasteiger partial charge in [-0.05, 0) is 48.9 Å². The molecule has 4 aromatic carbocycles. The predicted molar refractivity (Wildman–Crippen MR) is 140 cm³/mol. The van der Waals surface area contributed by atoms with E-state index in [4.69, 9.17) is 4.74 Å². The highest BCUT2D eigenvalue weighted by Crippen LogP contribution is 2.35. The van der Waals surface area contributed by atoms with Crippen molar-refractivity contribution < 1.29 is 19.4 Å². The van der Waals surface area contributed by atoms with Gasteiger partial charge in [0.1, 0.15) is 11.9 Å². The second kappa shape index (κ2) is 9.96. The maximum Gasteiger partial charge on any atom is 0.337 e. The summed E-state index contributed by atoms with van der Waals surface area (Å²) in [5.41, 5.74) is 4.66. The zero-order valence-electron chi connectivity index (χ0n) is 19.8. The number of ether oxygens (including phenoxy) is 1. The highest BCUT2D eigenvalue weighted by atomic mass is 16.5. The van der Waals surface area contributed by atoms with E-state index in [1.807, 2.05) is 78.6 Å². The van der Waals surface area contributed by atoms with Crippen molar-refractivity contribution in [2.45, 2.75) is 19.6 Å². The number of aromatic carboxylic acids is 1. The minimum Gasteiger partial charge on any atom is -0.484 e. The van der Waals surface area contributed by atoms with E-state index >= 15 is 0 Å². The number of hydrogen-bond donors (Lipinski definition) is 2. The summed E-state index contributed by atoms with van der Waals surface area (Å²) in [6, 6.07) is 30.0. The van der Waals surface area contributed by atoms with E-state index < -0.39 is 5.97 Å². The van der Waals surface area contributed by atoms with Crippen LogP contribution in [-0.4, -0.2) is 23.5 Å². The van der Waals surface area contributed by atoms with E-state index in [9.17, 15) is 14.7 Å². The van der Waals surface area contributed by atoms with E-state index in [1.54, 1.807) is 24.3 Å². The van der Waals surface area contributed by atoms with Crippen LogP contribution < -0.4 is 15.0 Å². The summed E-state index contributed by atoms with van der Waals surface area (Å²) in [5.74, 6) is -0.570. The van der Waals surface area contributed by atoms with Crippen LogP contribution in [0.15, 0.2) is 97.1 Å². The van der Waals surface area contributed by atoms with Gasteiger partial charge < -0.3 is 20.1 Å². The van der Waals surface area contributed by atoms with Gasteiger partial charge in [-0.3, -0.25) is 4.79 Å². The molecule has 180 valence electrons. The van der Waals surface area contributed by atoms with Gasteiger partial charge in [0.05, 0.1) is 17.8 Å². The van der Waals surface area contributed by atoms with Gasteiger partial charge in [0.2, 0.25) is 0 Å². The number of benzene rings is 4. The van der Waals surface area contributed by atoms with Gasteiger partial charge in [0.25, 0.3) is 5.91 Å². The lowest BCUT2D eigenvalue weighted by Crippen LogP contribution is -2.29. The van der Waals surface area contributed by atoms with E-state index in [1.165, 1.54) is 6.07 Å². The second-order valence-electron chi connectivity index (χ2n) is 8.86. The molecule has 0 radical (unpaired) electrons. The SMILES string of the molecule is Cc1ccc(C(=O)Nc2ccc(N3Cc4ccccc4OC(c4ccccc4)C3)c(C(=O)O)c2)cc1. The predicted octanol–water partition coefficient (Wildman–Crippen LogP) is 6.09. The van der Waals surface area contributed by atoms with Crippen LogP contribution in [0.4, 0.5) is 11.4 Å². The lowest BCUT2D eigenvalue weighted by Gasteiger charge is -2.27. The van der Waals surface area contributed by atoms with Crippen molar-refractivity contribution in [2.75, 3.05) is 16.8 Å². The number of carbonyl (C=O) groups is 2. The Kier molecular flexibility index (Phi) is 6.41. The summed E-state index contributed by atoms with van der Waals surface area (Å²) in [6.45, 7) is 2.91. The van der Waals surface area contributed by atoms with Crippen LogP contribution in [0.1, 0.15) is 43.5 Å². The quantitative estimate of drug-likeness (QED) is 0.363. The number of carbonyl (C=O) groups excluding carboxylic acids is 1. The fraction of sp³-hybridized carbons (Fsp3) is 0.133. The summed E-state index contributed by atoms with van der Waals surface area (Å²) in [7, 11) is 0. The van der Waals surface area contributed by atoms with Gasteiger partial charge in [-0.1, -0.05) is 66.2 Å². The van der Waals surface area contributed by atoms with Crippen molar-refractivity contribution >= 4 is 23.3 Å². The maximum absolute atomic E-state index is 12.7. The van der Waals surface area contributed by atoms with E-state index in [2.05, 4.69) is 5.32 Å². The van der Waals surface area contributed by atoms with E-state index in [0.29, 0.717) is 30.0 Å². The summed E-state index contributed by atoms with van der Waals surface area (Å²) in [4.78, 5) is 27.0. The molecule has 4 aromatic rings. The van der Waals surface area contributed by atoms with Crippen molar-refractivity contribution in [1.82, 2.24) is 0 Å². The molecule has 0 saturated carbocycles. The Hall–Kier alpha value is -4.58. The molecule has 1 amide bonds. The van der Waals surface area contributed by atoms with Crippen molar-refractivity contribution in [3.63, 3.8) is 0 Å². The minimum atomic E-state index is -1.06. The fourth-order valence-corrected chi connectivity index (χ4v) is 4.40. The lowest BCUT2D eigenvalue weighted by molar-refractivity contribution is 0.0697. The van der Waals surface area contributed by atoms with Gasteiger partial charge in [-0.2, -0.15) is 0 Å². The topological polar surface area (TPSA) is 78.9 Å². The molecule has 0 aromatic heterocycles. The Balaban J connectivity index is 1.48. The molecule has 5 rings (SSSR count). The smallest absolute Gasteiger partial charge is 0.337 e. The molecule has 6 heteroatoms. The molecule has 1 aliphatic rings. The van der Waals surface area contributed by atoms with Crippen LogP contribution in [0, 0.1) is 6.92 Å². The zero-order chi connectivity index (χ0) is 25.1. The Morgan fingerprint density at radius 2 is 1.64 bits per heavy atom. The molecule has 6 nitrogen and oxygen atoms in total. The standard InChI is InChI=1S/C30H26N2O4/c1-20-11-13-22(14-12-20)29(33)31-24-15-16-26(25(17-24)30(34)35)32-18-23-9-5-6-10-27(23)36-28(19-32)21-7-3-2-4-8-21/h2-17,28H,18-19H2,1H3,(H,31,33)(H,34,35). The first kappa shape index (κ1) is 23.2. The molecular formula is C30H26N2O4. The van der Waals surface area contributed by atoms with Crippen LogP contribution in [0.3, 0.4) is 0 Å². The highest BCUT2D eigenvalue weighted by molar-refractivity contribution is 6.05. The van der Waals surface area contributed by atoms with Crippen molar-refractivity contribution in [2.24, 2.45) is 0 Å². The Bertz CT molecular complexity index is 1400. The molecule has 1 atom stereocenters. The number of nitrogens with zero attached hydrogens (tertiary/aromatic N) is 1. The average molecular weight is 479 g/mol. The monoisotopic (exact) mass is 478 g/mol. The molecule has 1 heterocycles. The fourth-order valence-electron chi connectivity index (χ4n) is 4.40. The number of hydrogen-bond acceptors (Lipinski definition) is 4. The van der Waals surface area contributed by atoms with Crippen molar-refractivity contribution in [1.29, 1.82) is 0 Å². The number of para-hydroxylation sites is 1. The molecule has 0 fully saturated rings. The third kappa shape index (κ3) is 4.93. The van der Waals surface area contributed by atoms with Crippen LogP contribution in [0.2, 0.25) is 0 Å². The number of aryl methyl sites for hydroxylation is 1. The Labute approximate surface area is 209 Å². The summed E-state index contributed by atoms with van der Waals surface area (Å²) in [5, 5.41) is 12.9. The average Bonchev–Trinajstić information content (AvgIpc) is 3.09. The van der Waals surface area contributed by atoms with E-state index in [-0.39, 0.29) is 17.6 Å². The Morgan fingerprint density at radius 1 is 0.917 bits per heavy atom. The molecule has 0 saturated heterocycles. The minimum absolute atomic E-state index is 0.114. The Morgan fingerprint density at radius 3 is 2.39 bits per heavy atom. The maximum atomic E-state index is 12.7. The summed E-state index contributed by atoms with van der Waals surface area (Å²) in [6.07, 6.45) is -0.280. The highest BCUT2D eigenvalue weighted by Gasteiger charge is 2.27. The number of rotatable bonds is 5. The molecular weight excluding hydrogens is 452 g/mol. The normalized spacial score (nSPS) is 14.8. The van der Waals surface area contributed by atoms with Crippen LogP contribution in [0.5, 0.6) is 5.75 Å².